The number of nitrogens with one attached hydrogen (secondary N) is 1. The zero-order valence-electron chi connectivity index (χ0n) is 13.3. The average molecular weight is 292 g/mol. The number of nitro benzene ring substituents is 1. The topological polar surface area (TPSA) is 72.2 Å². The second-order valence-corrected chi connectivity index (χ2v) is 6.09. The standard InChI is InChI=1S/C16H24N2O3/c1-10(2)14(11(3)4)9-17-16(19)13-8-6-7-12(5)15(13)18(20)21/h6-8,10-11,14H,9H2,1-5H3,(H,17,19). The van der Waals surface area contributed by atoms with E-state index in [1.165, 1.54) is 6.07 Å². The van der Waals surface area contributed by atoms with Crippen molar-refractivity contribution in [3.05, 3.63) is 39.4 Å². The Hall–Kier alpha value is -1.91. The Kier molecular flexibility index (Phi) is 5.88. The molecular weight excluding hydrogens is 268 g/mol. The highest BCUT2D eigenvalue weighted by molar-refractivity contribution is 5.98. The van der Waals surface area contributed by atoms with E-state index in [1.807, 2.05) is 0 Å². The van der Waals surface area contributed by atoms with Gasteiger partial charge in [-0.25, -0.2) is 0 Å². The van der Waals surface area contributed by atoms with E-state index in [4.69, 9.17) is 0 Å². The minimum atomic E-state index is -0.493. The number of carbonyl (C=O) groups is 1. The summed E-state index contributed by atoms with van der Waals surface area (Å²) in [6, 6.07) is 4.81. The molecule has 116 valence electrons. The molecule has 0 spiro atoms. The van der Waals surface area contributed by atoms with Gasteiger partial charge in [0.15, 0.2) is 0 Å². The van der Waals surface area contributed by atoms with Crippen LogP contribution >= 0.6 is 0 Å². The van der Waals surface area contributed by atoms with Gasteiger partial charge in [0.2, 0.25) is 0 Å². The molecule has 1 aromatic carbocycles. The fourth-order valence-corrected chi connectivity index (χ4v) is 2.63. The lowest BCUT2D eigenvalue weighted by atomic mass is 9.85. The van der Waals surface area contributed by atoms with E-state index in [9.17, 15) is 14.9 Å². The van der Waals surface area contributed by atoms with Gasteiger partial charge in [0.25, 0.3) is 11.6 Å². The van der Waals surface area contributed by atoms with Crippen LogP contribution in [0, 0.1) is 34.8 Å². The highest BCUT2D eigenvalue weighted by Crippen LogP contribution is 2.24. The minimum absolute atomic E-state index is 0.111. The molecule has 0 aliphatic rings. The van der Waals surface area contributed by atoms with E-state index < -0.39 is 4.92 Å². The van der Waals surface area contributed by atoms with Gasteiger partial charge in [-0.2, -0.15) is 0 Å². The summed E-state index contributed by atoms with van der Waals surface area (Å²) in [6.07, 6.45) is 0. The van der Waals surface area contributed by atoms with Crippen LogP contribution in [0.2, 0.25) is 0 Å². The maximum atomic E-state index is 12.3. The maximum Gasteiger partial charge on any atom is 0.285 e. The van der Waals surface area contributed by atoms with Crippen molar-refractivity contribution in [2.45, 2.75) is 34.6 Å². The SMILES string of the molecule is Cc1cccc(C(=O)NCC(C(C)C)C(C)C)c1[N+](=O)[O-]. The molecule has 0 aliphatic heterocycles. The predicted molar refractivity (Wildman–Crippen MR) is 83.3 cm³/mol. The molecule has 5 nitrogen and oxygen atoms in total. The quantitative estimate of drug-likeness (QED) is 0.643. The zero-order chi connectivity index (χ0) is 16.2. The number of aryl methyl sites for hydroxylation is 1. The van der Waals surface area contributed by atoms with Crippen LogP contribution in [-0.2, 0) is 0 Å². The van der Waals surface area contributed by atoms with Crippen LogP contribution < -0.4 is 5.32 Å². The summed E-state index contributed by atoms with van der Waals surface area (Å²) >= 11 is 0. The number of benzene rings is 1. The number of para-hydroxylation sites is 1. The van der Waals surface area contributed by atoms with Gasteiger partial charge in [0, 0.05) is 12.1 Å². The average Bonchev–Trinajstić information content (AvgIpc) is 2.36. The lowest BCUT2D eigenvalue weighted by Crippen LogP contribution is -2.34. The van der Waals surface area contributed by atoms with E-state index in [-0.39, 0.29) is 17.2 Å². The summed E-state index contributed by atoms with van der Waals surface area (Å²) in [5.41, 5.74) is 0.517. The third-order valence-electron chi connectivity index (χ3n) is 3.88. The van der Waals surface area contributed by atoms with Crippen molar-refractivity contribution in [3.8, 4) is 0 Å². The van der Waals surface area contributed by atoms with Crippen LogP contribution in [-0.4, -0.2) is 17.4 Å². The number of rotatable bonds is 6. The number of carbonyl (C=O) groups excluding carboxylic acids is 1. The fourth-order valence-electron chi connectivity index (χ4n) is 2.63. The molecule has 1 rings (SSSR count). The number of hydrogen-bond acceptors (Lipinski definition) is 3. The first-order valence-corrected chi connectivity index (χ1v) is 7.27. The normalized spacial score (nSPS) is 11.2. The van der Waals surface area contributed by atoms with Crippen LogP contribution in [0.25, 0.3) is 0 Å². The molecule has 0 aromatic heterocycles. The molecule has 0 radical (unpaired) electrons. The molecular formula is C16H24N2O3. The Morgan fingerprint density at radius 1 is 1.24 bits per heavy atom. The van der Waals surface area contributed by atoms with Crippen molar-refractivity contribution in [2.75, 3.05) is 6.54 Å². The Morgan fingerprint density at radius 3 is 2.29 bits per heavy atom. The molecule has 1 aromatic rings. The van der Waals surface area contributed by atoms with Crippen LogP contribution in [0.1, 0.15) is 43.6 Å². The summed E-state index contributed by atoms with van der Waals surface area (Å²) in [7, 11) is 0. The van der Waals surface area contributed by atoms with Crippen LogP contribution in [0.5, 0.6) is 0 Å². The largest absolute Gasteiger partial charge is 0.352 e. The predicted octanol–water partition coefficient (Wildman–Crippen LogP) is 3.56. The lowest BCUT2D eigenvalue weighted by molar-refractivity contribution is -0.385. The van der Waals surface area contributed by atoms with Gasteiger partial charge in [-0.3, -0.25) is 14.9 Å². The Balaban J connectivity index is 2.91. The van der Waals surface area contributed by atoms with E-state index in [1.54, 1.807) is 19.1 Å². The fraction of sp³-hybridized carbons (Fsp3) is 0.562. The highest BCUT2D eigenvalue weighted by Gasteiger charge is 2.24. The molecule has 0 bridgehead atoms. The molecule has 21 heavy (non-hydrogen) atoms. The first-order chi connectivity index (χ1) is 9.75. The van der Waals surface area contributed by atoms with Crippen LogP contribution in [0.4, 0.5) is 5.69 Å². The minimum Gasteiger partial charge on any atom is -0.352 e. The van der Waals surface area contributed by atoms with Gasteiger partial charge >= 0.3 is 0 Å². The molecule has 1 amide bonds. The highest BCUT2D eigenvalue weighted by atomic mass is 16.6. The lowest BCUT2D eigenvalue weighted by Gasteiger charge is -2.25. The van der Waals surface area contributed by atoms with Crippen LogP contribution in [0.3, 0.4) is 0 Å². The molecule has 0 fully saturated rings. The number of amides is 1. The van der Waals surface area contributed by atoms with Gasteiger partial charge in [0.05, 0.1) is 4.92 Å². The van der Waals surface area contributed by atoms with Crippen molar-refractivity contribution in [2.24, 2.45) is 17.8 Å². The van der Waals surface area contributed by atoms with Crippen molar-refractivity contribution < 1.29 is 9.72 Å². The first kappa shape index (κ1) is 17.1. The first-order valence-electron chi connectivity index (χ1n) is 7.27. The number of nitro groups is 1. The molecule has 0 aliphatic carbocycles. The second-order valence-electron chi connectivity index (χ2n) is 6.09. The number of nitrogens with zero attached hydrogens (tertiary/aromatic N) is 1. The number of hydrogen-bond donors (Lipinski definition) is 1. The van der Waals surface area contributed by atoms with E-state index in [0.717, 1.165) is 0 Å². The monoisotopic (exact) mass is 292 g/mol. The maximum absolute atomic E-state index is 12.3. The Bertz CT molecular complexity index is 516. The van der Waals surface area contributed by atoms with Crippen molar-refractivity contribution in [1.29, 1.82) is 0 Å². The van der Waals surface area contributed by atoms with Crippen molar-refractivity contribution in [3.63, 3.8) is 0 Å². The van der Waals surface area contributed by atoms with Gasteiger partial charge < -0.3 is 5.32 Å². The summed E-state index contributed by atoms with van der Waals surface area (Å²) in [5.74, 6) is 0.852. The Morgan fingerprint density at radius 2 is 1.81 bits per heavy atom. The third-order valence-corrected chi connectivity index (χ3v) is 3.88. The molecule has 0 saturated carbocycles. The smallest absolute Gasteiger partial charge is 0.285 e. The van der Waals surface area contributed by atoms with Gasteiger partial charge in [0.1, 0.15) is 5.56 Å². The van der Waals surface area contributed by atoms with E-state index in [0.29, 0.717) is 29.9 Å². The van der Waals surface area contributed by atoms with Gasteiger partial charge in [-0.1, -0.05) is 39.8 Å². The molecule has 0 saturated heterocycles. The summed E-state index contributed by atoms with van der Waals surface area (Å²) in [5, 5.41) is 14.0. The molecule has 1 N–H and O–H groups in total. The second kappa shape index (κ2) is 7.20. The van der Waals surface area contributed by atoms with Crippen LogP contribution in [0.15, 0.2) is 18.2 Å². The Labute approximate surface area is 125 Å². The molecule has 0 unspecified atom stereocenters. The summed E-state index contributed by atoms with van der Waals surface area (Å²) in [6.45, 7) is 10.6. The van der Waals surface area contributed by atoms with E-state index in [2.05, 4.69) is 33.0 Å². The summed E-state index contributed by atoms with van der Waals surface area (Å²) in [4.78, 5) is 22.9. The van der Waals surface area contributed by atoms with Gasteiger partial charge in [-0.05, 0) is 30.7 Å². The van der Waals surface area contributed by atoms with Crippen molar-refractivity contribution in [1.82, 2.24) is 5.32 Å². The van der Waals surface area contributed by atoms with Gasteiger partial charge in [-0.15, -0.1) is 0 Å². The third kappa shape index (κ3) is 4.28. The molecule has 0 heterocycles. The zero-order valence-corrected chi connectivity index (χ0v) is 13.3. The van der Waals surface area contributed by atoms with Crippen molar-refractivity contribution >= 4 is 11.6 Å². The molecule has 5 heteroatoms. The van der Waals surface area contributed by atoms with E-state index >= 15 is 0 Å². The molecule has 0 atom stereocenters. The summed E-state index contributed by atoms with van der Waals surface area (Å²) < 4.78 is 0.